The number of nitrogens with two attached hydrogens (primary N) is 1. The highest BCUT2D eigenvalue weighted by Gasteiger charge is 2.08. The number of aromatic amines is 1. The van der Waals surface area contributed by atoms with Crippen LogP contribution in [0.2, 0.25) is 0 Å². The van der Waals surface area contributed by atoms with Crippen molar-refractivity contribution in [2.45, 2.75) is 19.8 Å². The minimum absolute atomic E-state index is 0.177. The van der Waals surface area contributed by atoms with Crippen LogP contribution in [0.15, 0.2) is 15.6 Å². The molecular formula is C10H17BrN4O. The monoisotopic (exact) mass is 288 g/mol. The molecule has 0 aromatic carbocycles. The summed E-state index contributed by atoms with van der Waals surface area (Å²) in [6.45, 7) is 3.59. The number of H-pyrrole nitrogens is 1. The van der Waals surface area contributed by atoms with Crippen molar-refractivity contribution in [3.05, 3.63) is 21.2 Å². The predicted molar refractivity (Wildman–Crippen MR) is 68.5 cm³/mol. The van der Waals surface area contributed by atoms with E-state index in [2.05, 4.69) is 38.1 Å². The summed E-state index contributed by atoms with van der Waals surface area (Å²) in [7, 11) is 0. The molecule has 1 rings (SSSR count). The second-order valence-corrected chi connectivity index (χ2v) is 4.42. The first-order valence-electron chi connectivity index (χ1n) is 5.36. The fourth-order valence-electron chi connectivity index (χ4n) is 1.43. The molecule has 0 radical (unpaired) electrons. The number of hydrogen-bond donors (Lipinski definition) is 3. The van der Waals surface area contributed by atoms with Gasteiger partial charge in [0.1, 0.15) is 10.3 Å². The smallest absolute Gasteiger partial charge is 0.267 e. The molecule has 0 spiro atoms. The lowest BCUT2D eigenvalue weighted by Gasteiger charge is -2.15. The van der Waals surface area contributed by atoms with E-state index >= 15 is 0 Å². The Kier molecular flexibility index (Phi) is 5.48. The molecule has 4 N–H and O–H groups in total. The molecule has 0 fully saturated rings. The molecule has 0 bridgehead atoms. The van der Waals surface area contributed by atoms with Gasteiger partial charge in [0.05, 0.1) is 6.33 Å². The van der Waals surface area contributed by atoms with Crippen molar-refractivity contribution in [1.29, 1.82) is 0 Å². The Balaban J connectivity index is 2.60. The van der Waals surface area contributed by atoms with E-state index in [0.29, 0.717) is 22.8 Å². The third-order valence-electron chi connectivity index (χ3n) is 2.51. The van der Waals surface area contributed by atoms with Crippen LogP contribution >= 0.6 is 15.9 Å². The Morgan fingerprint density at radius 2 is 2.44 bits per heavy atom. The molecule has 0 aliphatic rings. The standard InChI is InChI=1S/C10H17BrN4O/c1-2-7(3-4-12)5-13-9-8(11)10(16)15-6-14-9/h6-7H,2-5,12H2,1H3,(H2,13,14,15,16). The Hall–Kier alpha value is -0.880. The van der Waals surface area contributed by atoms with E-state index in [0.717, 1.165) is 19.4 Å². The summed E-state index contributed by atoms with van der Waals surface area (Å²) in [6.07, 6.45) is 3.43. The van der Waals surface area contributed by atoms with Crippen LogP contribution in [0, 0.1) is 5.92 Å². The van der Waals surface area contributed by atoms with Crippen molar-refractivity contribution < 1.29 is 0 Å². The van der Waals surface area contributed by atoms with Gasteiger partial charge in [-0.25, -0.2) is 4.98 Å². The summed E-state index contributed by atoms with van der Waals surface area (Å²) in [5.74, 6) is 1.09. The topological polar surface area (TPSA) is 83.8 Å². The van der Waals surface area contributed by atoms with Gasteiger partial charge < -0.3 is 16.0 Å². The number of nitrogens with one attached hydrogen (secondary N) is 2. The second-order valence-electron chi connectivity index (χ2n) is 3.63. The SMILES string of the molecule is CCC(CCN)CNc1nc[nH]c(=O)c1Br. The summed E-state index contributed by atoms with van der Waals surface area (Å²) >= 11 is 3.20. The van der Waals surface area contributed by atoms with Crippen molar-refractivity contribution in [2.75, 3.05) is 18.4 Å². The van der Waals surface area contributed by atoms with E-state index in [1.54, 1.807) is 0 Å². The average Bonchev–Trinajstić information content (AvgIpc) is 2.29. The van der Waals surface area contributed by atoms with Crippen LogP contribution in [-0.4, -0.2) is 23.1 Å². The highest BCUT2D eigenvalue weighted by molar-refractivity contribution is 9.10. The fourth-order valence-corrected chi connectivity index (χ4v) is 1.79. The maximum atomic E-state index is 11.3. The Morgan fingerprint density at radius 1 is 1.69 bits per heavy atom. The zero-order valence-corrected chi connectivity index (χ0v) is 10.9. The first-order valence-corrected chi connectivity index (χ1v) is 6.15. The highest BCUT2D eigenvalue weighted by Crippen LogP contribution is 2.15. The lowest BCUT2D eigenvalue weighted by Crippen LogP contribution is -2.20. The van der Waals surface area contributed by atoms with Crippen LogP contribution in [0.5, 0.6) is 0 Å². The highest BCUT2D eigenvalue weighted by atomic mass is 79.9. The Bertz CT molecular complexity index is 379. The number of nitrogens with zero attached hydrogens (tertiary/aromatic N) is 1. The number of rotatable bonds is 6. The van der Waals surface area contributed by atoms with E-state index in [9.17, 15) is 4.79 Å². The van der Waals surface area contributed by atoms with Crippen LogP contribution in [0.25, 0.3) is 0 Å². The van der Waals surface area contributed by atoms with Gasteiger partial charge >= 0.3 is 0 Å². The van der Waals surface area contributed by atoms with Crippen molar-refractivity contribution in [3.8, 4) is 0 Å². The van der Waals surface area contributed by atoms with Crippen LogP contribution in [0.4, 0.5) is 5.82 Å². The van der Waals surface area contributed by atoms with Gasteiger partial charge in [-0.3, -0.25) is 4.79 Å². The summed E-state index contributed by atoms with van der Waals surface area (Å²) in [5.41, 5.74) is 5.34. The Morgan fingerprint density at radius 3 is 3.06 bits per heavy atom. The first-order chi connectivity index (χ1) is 7.69. The lowest BCUT2D eigenvalue weighted by molar-refractivity contribution is 0.501. The largest absolute Gasteiger partial charge is 0.369 e. The molecule has 1 unspecified atom stereocenters. The number of anilines is 1. The maximum Gasteiger partial charge on any atom is 0.267 e. The van der Waals surface area contributed by atoms with Crippen LogP contribution in [0.3, 0.4) is 0 Å². The summed E-state index contributed by atoms with van der Waals surface area (Å²) in [4.78, 5) is 17.8. The molecule has 16 heavy (non-hydrogen) atoms. The number of aromatic nitrogens is 2. The molecule has 1 aromatic heterocycles. The van der Waals surface area contributed by atoms with Gasteiger partial charge in [0, 0.05) is 6.54 Å². The molecule has 6 heteroatoms. The van der Waals surface area contributed by atoms with Crippen molar-refractivity contribution >= 4 is 21.7 Å². The molecule has 0 saturated heterocycles. The van der Waals surface area contributed by atoms with Crippen LogP contribution in [0.1, 0.15) is 19.8 Å². The molecule has 0 aliphatic carbocycles. The number of halogens is 1. The fraction of sp³-hybridized carbons (Fsp3) is 0.600. The molecule has 0 aliphatic heterocycles. The molecule has 0 saturated carbocycles. The maximum absolute atomic E-state index is 11.3. The van der Waals surface area contributed by atoms with Crippen molar-refractivity contribution in [1.82, 2.24) is 9.97 Å². The van der Waals surface area contributed by atoms with Gasteiger partial charge in [0.25, 0.3) is 5.56 Å². The molecule has 1 atom stereocenters. The summed E-state index contributed by atoms with van der Waals surface area (Å²) in [5, 5.41) is 3.16. The summed E-state index contributed by atoms with van der Waals surface area (Å²) < 4.78 is 0.442. The van der Waals surface area contributed by atoms with E-state index in [1.807, 2.05) is 0 Å². The van der Waals surface area contributed by atoms with Crippen molar-refractivity contribution in [3.63, 3.8) is 0 Å². The Labute approximate surface area is 103 Å². The third kappa shape index (κ3) is 3.61. The quantitative estimate of drug-likeness (QED) is 0.737. The predicted octanol–water partition coefficient (Wildman–Crippen LogP) is 1.32. The van der Waals surface area contributed by atoms with E-state index < -0.39 is 0 Å². The van der Waals surface area contributed by atoms with E-state index in [1.165, 1.54) is 6.33 Å². The van der Waals surface area contributed by atoms with Gasteiger partial charge in [-0.05, 0) is 34.8 Å². The first kappa shape index (κ1) is 13.2. The normalized spacial score (nSPS) is 12.4. The molecule has 90 valence electrons. The molecular weight excluding hydrogens is 272 g/mol. The van der Waals surface area contributed by atoms with Crippen LogP contribution in [-0.2, 0) is 0 Å². The molecule has 0 amide bonds. The molecule has 1 aromatic rings. The second kappa shape index (κ2) is 6.65. The molecule has 1 heterocycles. The van der Waals surface area contributed by atoms with Gasteiger partial charge in [-0.1, -0.05) is 13.3 Å². The zero-order valence-electron chi connectivity index (χ0n) is 9.29. The van der Waals surface area contributed by atoms with Crippen LogP contribution < -0.4 is 16.6 Å². The third-order valence-corrected chi connectivity index (χ3v) is 3.24. The van der Waals surface area contributed by atoms with Crippen molar-refractivity contribution in [2.24, 2.45) is 11.7 Å². The number of hydrogen-bond acceptors (Lipinski definition) is 4. The minimum atomic E-state index is -0.177. The zero-order chi connectivity index (χ0) is 12.0. The summed E-state index contributed by atoms with van der Waals surface area (Å²) in [6, 6.07) is 0. The molecule has 5 nitrogen and oxygen atoms in total. The minimum Gasteiger partial charge on any atom is -0.369 e. The van der Waals surface area contributed by atoms with Gasteiger partial charge in [0.2, 0.25) is 0 Å². The van der Waals surface area contributed by atoms with E-state index in [4.69, 9.17) is 5.73 Å². The van der Waals surface area contributed by atoms with Gasteiger partial charge in [-0.15, -0.1) is 0 Å². The average molecular weight is 289 g/mol. The van der Waals surface area contributed by atoms with Gasteiger partial charge in [0.15, 0.2) is 0 Å². The van der Waals surface area contributed by atoms with Gasteiger partial charge in [-0.2, -0.15) is 0 Å². The van der Waals surface area contributed by atoms with E-state index in [-0.39, 0.29) is 5.56 Å². The lowest BCUT2D eigenvalue weighted by atomic mass is 10.0.